The van der Waals surface area contributed by atoms with E-state index in [9.17, 15) is 31.1 Å². The monoisotopic (exact) mass is 684 g/mol. The normalized spacial score (nSPS) is 13.9. The van der Waals surface area contributed by atoms with Gasteiger partial charge in [0.25, 0.3) is 0 Å². The fourth-order valence-corrected chi connectivity index (χ4v) is 4.75. The summed E-state index contributed by atoms with van der Waals surface area (Å²) >= 11 is 26.2. The maximum atomic E-state index is 13.8. The SMILES string of the molecule is COCC(NC(=S)c1ccc(/C=C/C(c2cc(Cl)c(Cl)c(Cl)c2)C(F)(F)F)cc1Br)C(=O)NCC(F)(F)F. The van der Waals surface area contributed by atoms with E-state index in [0.29, 0.717) is 15.6 Å². The number of hydrogen-bond donors (Lipinski definition) is 2. The number of rotatable bonds is 9. The zero-order valence-electron chi connectivity index (χ0n) is 19.1. The molecule has 0 aromatic heterocycles. The Morgan fingerprint density at radius 1 is 1.11 bits per heavy atom. The van der Waals surface area contributed by atoms with E-state index in [1.54, 1.807) is 5.32 Å². The first-order chi connectivity index (χ1) is 17.5. The Kier molecular flexibility index (Phi) is 11.7. The molecule has 208 valence electrons. The largest absolute Gasteiger partial charge is 0.405 e. The van der Waals surface area contributed by atoms with Crippen LogP contribution in [0.4, 0.5) is 26.3 Å². The van der Waals surface area contributed by atoms with E-state index in [-0.39, 0.29) is 32.2 Å². The van der Waals surface area contributed by atoms with E-state index in [4.69, 9.17) is 51.8 Å². The van der Waals surface area contributed by atoms with Gasteiger partial charge < -0.3 is 15.4 Å². The summed E-state index contributed by atoms with van der Waals surface area (Å²) in [6.45, 7) is -1.81. The van der Waals surface area contributed by atoms with Crippen molar-refractivity contribution in [1.29, 1.82) is 0 Å². The maximum Gasteiger partial charge on any atom is 0.405 e. The van der Waals surface area contributed by atoms with Crippen molar-refractivity contribution in [2.24, 2.45) is 0 Å². The molecule has 0 radical (unpaired) electrons. The highest BCUT2D eigenvalue weighted by atomic mass is 79.9. The number of benzene rings is 2. The number of carbonyl (C=O) groups excluding carboxylic acids is 1. The quantitative estimate of drug-likeness (QED) is 0.161. The second kappa shape index (κ2) is 13.7. The molecule has 2 N–H and O–H groups in total. The summed E-state index contributed by atoms with van der Waals surface area (Å²) in [4.78, 5) is 12.1. The van der Waals surface area contributed by atoms with Crippen molar-refractivity contribution in [1.82, 2.24) is 10.6 Å². The van der Waals surface area contributed by atoms with E-state index < -0.39 is 36.8 Å². The van der Waals surface area contributed by atoms with Crippen LogP contribution in [0.1, 0.15) is 22.6 Å². The molecule has 2 aromatic carbocycles. The molecule has 0 spiro atoms. The van der Waals surface area contributed by atoms with Gasteiger partial charge in [0.2, 0.25) is 5.91 Å². The van der Waals surface area contributed by atoms with Crippen molar-refractivity contribution in [3.63, 3.8) is 0 Å². The summed E-state index contributed by atoms with van der Waals surface area (Å²) < 4.78 is 83.9. The summed E-state index contributed by atoms with van der Waals surface area (Å²) in [5.41, 5.74) is 0.493. The number of nitrogens with one attached hydrogen (secondary N) is 2. The third-order valence-electron chi connectivity index (χ3n) is 4.86. The number of allylic oxidation sites excluding steroid dienone is 1. The second-order valence-electron chi connectivity index (χ2n) is 7.73. The van der Waals surface area contributed by atoms with Gasteiger partial charge in [0.15, 0.2) is 0 Å². The molecule has 0 bridgehead atoms. The second-order valence-corrected chi connectivity index (χ2v) is 10.2. The van der Waals surface area contributed by atoms with Crippen molar-refractivity contribution >= 4 is 79.9 Å². The van der Waals surface area contributed by atoms with Crippen LogP contribution in [0, 0.1) is 0 Å². The first-order valence-electron chi connectivity index (χ1n) is 10.4. The molecule has 4 nitrogen and oxygen atoms in total. The first kappa shape index (κ1) is 32.6. The van der Waals surface area contributed by atoms with Gasteiger partial charge in [-0.05, 0) is 29.3 Å². The molecule has 0 aliphatic heterocycles. The van der Waals surface area contributed by atoms with Gasteiger partial charge in [0.1, 0.15) is 17.6 Å². The molecular formula is C23H18BrCl3F6N2O2S. The van der Waals surface area contributed by atoms with E-state index in [1.807, 2.05) is 0 Å². The van der Waals surface area contributed by atoms with Crippen LogP contribution in [0.5, 0.6) is 0 Å². The molecule has 2 atom stereocenters. The summed E-state index contributed by atoms with van der Waals surface area (Å²) in [6.07, 6.45) is -7.11. The Morgan fingerprint density at radius 3 is 2.21 bits per heavy atom. The van der Waals surface area contributed by atoms with Crippen LogP contribution in [0.15, 0.2) is 40.9 Å². The molecule has 0 aliphatic rings. The molecular weight excluding hydrogens is 669 g/mol. The maximum absolute atomic E-state index is 13.8. The predicted octanol–water partition coefficient (Wildman–Crippen LogP) is 7.73. The van der Waals surface area contributed by atoms with Crippen molar-refractivity contribution in [2.75, 3.05) is 20.3 Å². The Hall–Kier alpha value is -1.57. The lowest BCUT2D eigenvalue weighted by molar-refractivity contribution is -0.140. The minimum atomic E-state index is -4.66. The number of carbonyl (C=O) groups is 1. The summed E-state index contributed by atoms with van der Waals surface area (Å²) in [5, 5.41) is 4.08. The number of amides is 1. The van der Waals surface area contributed by atoms with Crippen LogP contribution in [-0.2, 0) is 9.53 Å². The number of ether oxygens (including phenoxy) is 1. The van der Waals surface area contributed by atoms with Gasteiger partial charge in [-0.1, -0.05) is 87.2 Å². The molecule has 0 fully saturated rings. The number of thiocarbonyl (C=S) groups is 1. The number of methoxy groups -OCH3 is 1. The standard InChI is InChI=1S/C23H18BrCl3F6N2O2S/c1-37-9-18(20(36)34-10-22(28,29)30)35-21(38)13-4-2-11(6-15(13)24)3-5-14(23(31,32)33)12-7-16(25)19(27)17(26)8-12/h2-8,14,18H,9-10H2,1H3,(H,34,36)(H,35,38)/b5-3+. The highest BCUT2D eigenvalue weighted by molar-refractivity contribution is 9.10. The molecule has 0 aliphatic carbocycles. The van der Waals surface area contributed by atoms with E-state index in [0.717, 1.165) is 18.2 Å². The van der Waals surface area contributed by atoms with Crippen LogP contribution in [0.2, 0.25) is 15.1 Å². The number of halogens is 10. The molecule has 0 heterocycles. The average Bonchev–Trinajstić information content (AvgIpc) is 2.79. The molecule has 2 unspecified atom stereocenters. The third kappa shape index (κ3) is 9.56. The minimum Gasteiger partial charge on any atom is -0.382 e. The van der Waals surface area contributed by atoms with Crippen molar-refractivity contribution in [3.8, 4) is 0 Å². The fraction of sp³-hybridized carbons (Fsp3) is 0.304. The topological polar surface area (TPSA) is 50.4 Å². The lowest BCUT2D eigenvalue weighted by Crippen LogP contribution is -2.50. The predicted molar refractivity (Wildman–Crippen MR) is 143 cm³/mol. The average molecular weight is 687 g/mol. The van der Waals surface area contributed by atoms with Crippen molar-refractivity contribution < 1.29 is 35.9 Å². The summed E-state index contributed by atoms with van der Waals surface area (Å²) in [7, 11) is 1.26. The summed E-state index contributed by atoms with van der Waals surface area (Å²) in [5.74, 6) is -3.02. The molecule has 15 heteroatoms. The fourth-order valence-electron chi connectivity index (χ4n) is 3.09. The Balaban J connectivity index is 2.24. The highest BCUT2D eigenvalue weighted by Gasteiger charge is 2.39. The van der Waals surface area contributed by atoms with Gasteiger partial charge in [-0.2, -0.15) is 26.3 Å². The highest BCUT2D eigenvalue weighted by Crippen LogP contribution is 2.41. The number of alkyl halides is 6. The molecule has 1 amide bonds. The molecule has 38 heavy (non-hydrogen) atoms. The van der Waals surface area contributed by atoms with E-state index in [2.05, 4.69) is 21.2 Å². The molecule has 2 rings (SSSR count). The third-order valence-corrected chi connectivity index (χ3v) is 7.05. The van der Waals surface area contributed by atoms with Crippen LogP contribution >= 0.6 is 63.0 Å². The first-order valence-corrected chi connectivity index (χ1v) is 12.7. The molecule has 0 saturated heterocycles. The Labute approximate surface area is 242 Å². The van der Waals surface area contributed by atoms with Crippen LogP contribution in [-0.4, -0.2) is 49.6 Å². The molecule has 0 saturated carbocycles. The van der Waals surface area contributed by atoms with Crippen LogP contribution in [0.25, 0.3) is 6.08 Å². The van der Waals surface area contributed by atoms with Gasteiger partial charge >= 0.3 is 12.4 Å². The van der Waals surface area contributed by atoms with Crippen molar-refractivity contribution in [3.05, 3.63) is 72.6 Å². The Bertz CT molecular complexity index is 1190. The zero-order valence-corrected chi connectivity index (χ0v) is 23.8. The Morgan fingerprint density at radius 2 is 1.71 bits per heavy atom. The molecule has 2 aromatic rings. The van der Waals surface area contributed by atoms with E-state index >= 15 is 0 Å². The smallest absolute Gasteiger partial charge is 0.382 e. The van der Waals surface area contributed by atoms with Gasteiger partial charge in [-0.15, -0.1) is 0 Å². The van der Waals surface area contributed by atoms with E-state index in [1.165, 1.54) is 31.4 Å². The lowest BCUT2D eigenvalue weighted by atomic mass is 9.97. The van der Waals surface area contributed by atoms with Gasteiger partial charge in [0, 0.05) is 17.1 Å². The van der Waals surface area contributed by atoms with Crippen LogP contribution in [0.3, 0.4) is 0 Å². The van der Waals surface area contributed by atoms with Gasteiger partial charge in [-0.25, -0.2) is 0 Å². The van der Waals surface area contributed by atoms with Gasteiger partial charge in [0.05, 0.1) is 27.6 Å². The van der Waals surface area contributed by atoms with Crippen LogP contribution < -0.4 is 10.6 Å². The minimum absolute atomic E-state index is 0.00442. The zero-order chi connectivity index (χ0) is 28.8. The number of hydrogen-bond acceptors (Lipinski definition) is 3. The van der Waals surface area contributed by atoms with Crippen molar-refractivity contribution in [2.45, 2.75) is 24.3 Å². The lowest BCUT2D eigenvalue weighted by Gasteiger charge is -2.20. The summed E-state index contributed by atoms with van der Waals surface area (Å²) in [6, 6.07) is 5.35. The van der Waals surface area contributed by atoms with Gasteiger partial charge in [-0.3, -0.25) is 4.79 Å².